The Morgan fingerprint density at radius 1 is 0.583 bits per heavy atom. The summed E-state index contributed by atoms with van der Waals surface area (Å²) in [7, 11) is 4.58. The zero-order valence-electron chi connectivity index (χ0n) is 38.6. The molecule has 0 atom stereocenters. The van der Waals surface area contributed by atoms with Gasteiger partial charge in [0.15, 0.2) is 0 Å². The Bertz CT molecular complexity index is 3090. The number of pyridine rings is 2. The van der Waals surface area contributed by atoms with Crippen molar-refractivity contribution in [3.8, 4) is 11.5 Å². The van der Waals surface area contributed by atoms with Gasteiger partial charge in [-0.2, -0.15) is 0 Å². The number of hydrogen-bond donors (Lipinski definition) is 5. The second-order valence-corrected chi connectivity index (χ2v) is 17.8. The number of likely N-dealkylation sites (N-methyl/N-ethyl adjacent to an activating group) is 1. The molecule has 1 fully saturated rings. The van der Waals surface area contributed by atoms with E-state index in [1.54, 1.807) is 18.2 Å². The van der Waals surface area contributed by atoms with Crippen LogP contribution in [0.25, 0.3) is 0 Å². The van der Waals surface area contributed by atoms with Gasteiger partial charge in [0.1, 0.15) is 46.4 Å². The number of amides is 4. The number of likely N-dealkylation sites (tertiary alicyclic amines) is 1. The molecule has 0 bridgehead atoms. The molecule has 0 unspecified atom stereocenters. The monoisotopic (exact) mass is 1060 g/mol. The minimum Gasteiger partial charge on any atom is -0.494 e. The molecule has 2 aromatic heterocycles. The fourth-order valence-electron chi connectivity index (χ4n) is 7.56. The van der Waals surface area contributed by atoms with E-state index in [1.807, 2.05) is 16.8 Å². The fourth-order valence-corrected chi connectivity index (χ4v) is 8.20. The smallest absolute Gasteiger partial charge is 0.259 e. The molecule has 0 aliphatic carbocycles. The van der Waals surface area contributed by atoms with Crippen molar-refractivity contribution >= 4 is 105 Å². The first-order chi connectivity index (χ1) is 34.5. The number of nitrogens with one attached hydrogen (secondary N) is 5. The van der Waals surface area contributed by atoms with E-state index in [0.29, 0.717) is 33.6 Å². The van der Waals surface area contributed by atoms with Crippen LogP contribution in [0.1, 0.15) is 71.8 Å². The van der Waals surface area contributed by atoms with Crippen molar-refractivity contribution < 1.29 is 37.4 Å². The molecule has 22 heteroatoms. The highest BCUT2D eigenvalue weighted by atomic mass is 35.5. The summed E-state index contributed by atoms with van der Waals surface area (Å²) in [4.78, 5) is 68.4. The summed E-state index contributed by atoms with van der Waals surface area (Å²) >= 11 is 24.0. The molecule has 0 radical (unpaired) electrons. The Hall–Kier alpha value is -7.38. The summed E-state index contributed by atoms with van der Waals surface area (Å²) in [6, 6.07) is 20.0. The Balaban J connectivity index is 0.000000212. The summed E-state index contributed by atoms with van der Waals surface area (Å²) in [6.45, 7) is 2.86. The number of benzene rings is 4. The summed E-state index contributed by atoms with van der Waals surface area (Å²) in [6.07, 6.45) is 5.83. The van der Waals surface area contributed by atoms with E-state index < -0.39 is 35.3 Å². The normalized spacial score (nSPS) is 13.0. The molecular weight excluding hydrogens is 1020 g/mol. The first-order valence-electron chi connectivity index (χ1n) is 22.0. The number of nitrogens with zero attached hydrogens (tertiary/aromatic N) is 5. The topological polar surface area (TPSA) is 203 Å². The van der Waals surface area contributed by atoms with Crippen LogP contribution in [-0.2, 0) is 0 Å². The molecule has 0 spiro atoms. The van der Waals surface area contributed by atoms with Crippen LogP contribution in [0, 0.1) is 17.0 Å². The van der Waals surface area contributed by atoms with Gasteiger partial charge in [0.25, 0.3) is 23.6 Å². The number of anilines is 4. The van der Waals surface area contributed by atoms with Gasteiger partial charge in [0.2, 0.25) is 0 Å². The number of ether oxygens (including phenoxy) is 2. The van der Waals surface area contributed by atoms with Gasteiger partial charge in [0.05, 0.1) is 64.4 Å². The third-order valence-electron chi connectivity index (χ3n) is 11.2. The lowest BCUT2D eigenvalue weighted by molar-refractivity contribution is 0.100. The van der Waals surface area contributed by atoms with Gasteiger partial charge in [-0.05, 0) is 79.9 Å². The van der Waals surface area contributed by atoms with Crippen LogP contribution in [0.4, 0.5) is 31.8 Å². The van der Waals surface area contributed by atoms with E-state index in [4.69, 9.17) is 61.3 Å². The molecule has 372 valence electrons. The number of piperidine rings is 1. The van der Waals surface area contributed by atoms with Gasteiger partial charge in [-0.1, -0.05) is 58.5 Å². The van der Waals surface area contributed by atoms with Gasteiger partial charge in [-0.3, -0.25) is 29.6 Å². The Morgan fingerprint density at radius 3 is 1.50 bits per heavy atom. The third kappa shape index (κ3) is 12.7. The molecule has 1 saturated heterocycles. The first kappa shape index (κ1) is 52.4. The predicted octanol–water partition coefficient (Wildman–Crippen LogP) is 10.6. The Kier molecular flexibility index (Phi) is 17.3. The maximum atomic E-state index is 15.0. The minimum absolute atomic E-state index is 0.00147. The van der Waals surface area contributed by atoms with Crippen molar-refractivity contribution in [2.24, 2.45) is 4.99 Å². The van der Waals surface area contributed by atoms with E-state index >= 15 is 4.39 Å². The minimum atomic E-state index is -0.798. The molecule has 0 saturated carbocycles. The number of rotatable bonds is 12. The van der Waals surface area contributed by atoms with Crippen LogP contribution >= 0.6 is 46.4 Å². The molecule has 16 nitrogen and oxygen atoms in total. The van der Waals surface area contributed by atoms with Crippen molar-refractivity contribution in [2.45, 2.75) is 19.3 Å². The van der Waals surface area contributed by atoms with E-state index in [-0.39, 0.29) is 72.6 Å². The molecule has 4 heterocycles. The lowest BCUT2D eigenvalue weighted by atomic mass is 10.1. The standard InChI is InChI=1S/C26H24Cl2FN5O3.C24H20Cl2FN5O3/c1-37-21-13-17(28)12-19(26(36)32-22-8-6-16(27)14-31-22)23(21)33-25(35)18-7-5-15(11-20(18)29)24(30)34-9-3-2-4-10-34;1-32-8-7-28-22(32)13-3-5-16(18(27)9-13)23(33)31-21-17(10-15(26)11-19(21)35-2)24(34)30-20-6-4-14(25)12-29-20/h5-8,11-14,30H,2-4,9-10H2,1H3,(H,33,35)(H,31,32,36);3-6,9-12H,7-8H2,1-2H3,(H,31,33)(H,29,30,34). The Labute approximate surface area is 432 Å². The van der Waals surface area contributed by atoms with Gasteiger partial charge in [0, 0.05) is 72.4 Å². The molecule has 4 aromatic carbocycles. The van der Waals surface area contributed by atoms with Crippen LogP contribution in [-0.4, -0.2) is 103 Å². The van der Waals surface area contributed by atoms with E-state index in [0.717, 1.165) is 38.9 Å². The van der Waals surface area contributed by atoms with Crippen molar-refractivity contribution in [3.63, 3.8) is 0 Å². The highest BCUT2D eigenvalue weighted by Crippen LogP contribution is 2.35. The van der Waals surface area contributed by atoms with Gasteiger partial charge >= 0.3 is 0 Å². The summed E-state index contributed by atoms with van der Waals surface area (Å²) < 4.78 is 40.6. The number of aliphatic imine (C=N–C) groups is 1. The molecule has 4 amide bonds. The van der Waals surface area contributed by atoms with Gasteiger partial charge < -0.3 is 40.5 Å². The predicted molar refractivity (Wildman–Crippen MR) is 275 cm³/mol. The second-order valence-electron chi connectivity index (χ2n) is 16.0. The number of amidine groups is 2. The first-order valence-corrected chi connectivity index (χ1v) is 23.5. The molecule has 8 rings (SSSR count). The number of aromatic nitrogens is 2. The van der Waals surface area contributed by atoms with Crippen LogP contribution in [0.15, 0.2) is 102 Å². The van der Waals surface area contributed by atoms with Crippen molar-refractivity contribution in [1.82, 2.24) is 19.8 Å². The van der Waals surface area contributed by atoms with Crippen LogP contribution in [0.2, 0.25) is 20.1 Å². The average molecular weight is 1060 g/mol. The number of hydrogen-bond acceptors (Lipinski definition) is 11. The quantitative estimate of drug-likeness (QED) is 0.0580. The van der Waals surface area contributed by atoms with E-state index in [1.165, 1.54) is 93.3 Å². The lowest BCUT2D eigenvalue weighted by Gasteiger charge is -2.29. The van der Waals surface area contributed by atoms with E-state index in [9.17, 15) is 23.6 Å². The maximum absolute atomic E-state index is 15.0. The number of carbonyl (C=O) groups excluding carboxylic acids is 4. The number of carbonyl (C=O) groups is 4. The zero-order valence-corrected chi connectivity index (χ0v) is 41.7. The largest absolute Gasteiger partial charge is 0.494 e. The highest BCUT2D eigenvalue weighted by molar-refractivity contribution is 6.33. The summed E-state index contributed by atoms with van der Waals surface area (Å²) in [5.41, 5.74) is 0.506. The fraction of sp³-hybridized carbons (Fsp3) is 0.200. The Morgan fingerprint density at radius 2 is 1.07 bits per heavy atom. The van der Waals surface area contributed by atoms with E-state index in [2.05, 4.69) is 36.2 Å². The van der Waals surface area contributed by atoms with Crippen molar-refractivity contribution in [3.05, 3.63) is 162 Å². The molecule has 5 N–H and O–H groups in total. The number of methoxy groups -OCH3 is 2. The van der Waals surface area contributed by atoms with Crippen LogP contribution in [0.5, 0.6) is 11.5 Å². The summed E-state index contributed by atoms with van der Waals surface area (Å²) in [5, 5.41) is 20.0. The van der Waals surface area contributed by atoms with Gasteiger partial charge in [-0.15, -0.1) is 0 Å². The highest BCUT2D eigenvalue weighted by Gasteiger charge is 2.26. The number of halogens is 6. The molecule has 2 aliphatic heterocycles. The van der Waals surface area contributed by atoms with Crippen molar-refractivity contribution in [2.75, 3.05) is 68.7 Å². The summed E-state index contributed by atoms with van der Waals surface area (Å²) in [5.74, 6) is -2.76. The van der Waals surface area contributed by atoms with Crippen molar-refractivity contribution in [1.29, 1.82) is 5.41 Å². The molecule has 6 aromatic rings. The third-order valence-corrected chi connectivity index (χ3v) is 12.1. The SMILES string of the molecule is COc1cc(Cl)cc(C(=O)Nc2ccc(Cl)cn2)c1NC(=O)c1ccc(C(=N)N2CCCCC2)cc1F.COc1cc(Cl)cc(C(=O)Nc2ccc(Cl)cn2)c1NC(=O)c1ccc(C2=NCCN2C)cc1F. The lowest BCUT2D eigenvalue weighted by Crippen LogP contribution is -2.35. The van der Waals surface area contributed by atoms with Crippen LogP contribution < -0.4 is 30.7 Å². The van der Waals surface area contributed by atoms with Gasteiger partial charge in [-0.25, -0.2) is 18.7 Å². The maximum Gasteiger partial charge on any atom is 0.259 e. The molecular formula is C50H44Cl4F2N10O6. The zero-order chi connectivity index (χ0) is 51.6. The average Bonchev–Trinajstić information content (AvgIpc) is 3.81. The van der Waals surface area contributed by atoms with Crippen LogP contribution in [0.3, 0.4) is 0 Å². The second kappa shape index (κ2) is 23.7. The molecule has 2 aliphatic rings. The molecule has 72 heavy (non-hydrogen) atoms.